The second kappa shape index (κ2) is 6.57. The maximum absolute atomic E-state index is 12.9. The topological polar surface area (TPSA) is 50.3 Å². The highest BCUT2D eigenvalue weighted by atomic mass is 32.2. The Hall–Kier alpha value is -2.66. The van der Waals surface area contributed by atoms with Crippen molar-refractivity contribution in [1.82, 2.24) is 4.98 Å². The van der Waals surface area contributed by atoms with E-state index < -0.39 is 10.0 Å². The van der Waals surface area contributed by atoms with Crippen molar-refractivity contribution < 1.29 is 8.42 Å². The van der Waals surface area contributed by atoms with Gasteiger partial charge in [0.05, 0.1) is 11.4 Å². The molecule has 4 nitrogen and oxygen atoms in total. The largest absolute Gasteiger partial charge is 0.269 e. The van der Waals surface area contributed by atoms with Gasteiger partial charge in [0, 0.05) is 18.9 Å². The molecule has 0 amide bonds. The number of hydrogen-bond acceptors (Lipinski definition) is 3. The van der Waals surface area contributed by atoms with Crippen LogP contribution < -0.4 is 4.31 Å². The molecule has 0 saturated carbocycles. The molecule has 0 spiro atoms. The summed E-state index contributed by atoms with van der Waals surface area (Å²) in [5.41, 5.74) is 5.95. The maximum atomic E-state index is 12.9. The molecule has 0 fully saturated rings. The normalized spacial score (nSPS) is 13.7. The van der Waals surface area contributed by atoms with Crippen LogP contribution in [-0.2, 0) is 22.2 Å². The molecule has 0 bridgehead atoms. The zero-order chi connectivity index (χ0) is 18.1. The van der Waals surface area contributed by atoms with Gasteiger partial charge in [-0.2, -0.15) is 0 Å². The molecule has 3 aromatic rings. The number of sulfonamides is 1. The smallest absolute Gasteiger partial charge is 0.239 e. The summed E-state index contributed by atoms with van der Waals surface area (Å²) < 4.78 is 27.5. The van der Waals surface area contributed by atoms with Crippen molar-refractivity contribution in [2.75, 3.05) is 10.8 Å². The average Bonchev–Trinajstić information content (AvgIpc) is 3.06. The lowest BCUT2D eigenvalue weighted by molar-refractivity contribution is 0.591. The second-order valence-corrected chi connectivity index (χ2v) is 8.54. The number of aromatic nitrogens is 1. The van der Waals surface area contributed by atoms with Crippen LogP contribution in [-0.4, -0.2) is 19.9 Å². The van der Waals surface area contributed by atoms with Crippen molar-refractivity contribution in [1.29, 1.82) is 0 Å². The van der Waals surface area contributed by atoms with Crippen molar-refractivity contribution in [3.05, 3.63) is 83.7 Å². The molecule has 0 aliphatic carbocycles. The molecule has 2 aromatic carbocycles. The SMILES string of the molecule is Cc1cccc(CS(=O)(=O)N2CCc3cc(-c4ccncc4)ccc32)c1. The molecule has 2 heterocycles. The minimum Gasteiger partial charge on any atom is -0.269 e. The summed E-state index contributed by atoms with van der Waals surface area (Å²) >= 11 is 0. The van der Waals surface area contributed by atoms with E-state index in [9.17, 15) is 8.42 Å². The Labute approximate surface area is 154 Å². The molecule has 0 atom stereocenters. The van der Waals surface area contributed by atoms with E-state index in [1.165, 1.54) is 0 Å². The summed E-state index contributed by atoms with van der Waals surface area (Å²) in [6.45, 7) is 2.48. The number of fused-ring (bicyclic) bond motifs is 1. The number of nitrogens with zero attached hydrogens (tertiary/aromatic N) is 2. The fraction of sp³-hybridized carbons (Fsp3) is 0.190. The predicted octanol–water partition coefficient (Wildman–Crippen LogP) is 3.95. The first-order chi connectivity index (χ1) is 12.5. The number of rotatable bonds is 4. The van der Waals surface area contributed by atoms with E-state index in [-0.39, 0.29) is 5.75 Å². The van der Waals surface area contributed by atoms with Crippen LogP contribution in [0.1, 0.15) is 16.7 Å². The summed E-state index contributed by atoms with van der Waals surface area (Å²) in [6.07, 6.45) is 4.27. The molecule has 132 valence electrons. The van der Waals surface area contributed by atoms with Crippen LogP contribution in [0.3, 0.4) is 0 Å². The molecule has 1 aliphatic rings. The molecule has 0 saturated heterocycles. The summed E-state index contributed by atoms with van der Waals surface area (Å²) in [7, 11) is -3.40. The number of benzene rings is 2. The molecule has 5 heteroatoms. The van der Waals surface area contributed by atoms with Gasteiger partial charge in [0.1, 0.15) is 0 Å². The van der Waals surface area contributed by atoms with Crippen molar-refractivity contribution in [2.24, 2.45) is 0 Å². The molecular formula is C21H20N2O2S. The molecule has 4 rings (SSSR count). The van der Waals surface area contributed by atoms with Gasteiger partial charge in [-0.1, -0.05) is 35.9 Å². The van der Waals surface area contributed by atoms with Crippen molar-refractivity contribution in [3.8, 4) is 11.1 Å². The van der Waals surface area contributed by atoms with Crippen molar-refractivity contribution in [2.45, 2.75) is 19.1 Å². The van der Waals surface area contributed by atoms with E-state index in [1.54, 1.807) is 16.7 Å². The molecule has 1 aromatic heterocycles. The van der Waals surface area contributed by atoms with E-state index in [2.05, 4.69) is 11.1 Å². The highest BCUT2D eigenvalue weighted by Gasteiger charge is 2.29. The molecule has 0 N–H and O–H groups in total. The molecule has 26 heavy (non-hydrogen) atoms. The van der Waals surface area contributed by atoms with Gasteiger partial charge < -0.3 is 0 Å². The van der Waals surface area contributed by atoms with Gasteiger partial charge in [0.2, 0.25) is 10.0 Å². The lowest BCUT2D eigenvalue weighted by Gasteiger charge is -2.20. The third-order valence-corrected chi connectivity index (χ3v) is 6.46. The summed E-state index contributed by atoms with van der Waals surface area (Å²) in [6, 6.07) is 17.6. The lowest BCUT2D eigenvalue weighted by Crippen LogP contribution is -2.30. The zero-order valence-corrected chi connectivity index (χ0v) is 15.4. The number of aryl methyl sites for hydroxylation is 1. The Bertz CT molecular complexity index is 1050. The van der Waals surface area contributed by atoms with Crippen LogP contribution in [0.15, 0.2) is 67.0 Å². The zero-order valence-electron chi connectivity index (χ0n) is 14.6. The quantitative estimate of drug-likeness (QED) is 0.704. The third kappa shape index (κ3) is 3.22. The van der Waals surface area contributed by atoms with Gasteiger partial charge in [-0.15, -0.1) is 0 Å². The van der Waals surface area contributed by atoms with Gasteiger partial charge in [0.25, 0.3) is 0 Å². The molecular weight excluding hydrogens is 344 g/mol. The first kappa shape index (κ1) is 16.8. The Morgan fingerprint density at radius 2 is 1.81 bits per heavy atom. The van der Waals surface area contributed by atoms with Crippen LogP contribution in [0.5, 0.6) is 0 Å². The lowest BCUT2D eigenvalue weighted by atomic mass is 10.0. The highest BCUT2D eigenvalue weighted by molar-refractivity contribution is 7.92. The van der Waals surface area contributed by atoms with Crippen LogP contribution in [0.2, 0.25) is 0 Å². The number of hydrogen-bond donors (Lipinski definition) is 0. The van der Waals surface area contributed by atoms with Crippen molar-refractivity contribution >= 4 is 15.7 Å². The van der Waals surface area contributed by atoms with Gasteiger partial charge in [-0.05, 0) is 59.9 Å². The van der Waals surface area contributed by atoms with Crippen LogP contribution >= 0.6 is 0 Å². The van der Waals surface area contributed by atoms with Crippen LogP contribution in [0.25, 0.3) is 11.1 Å². The standard InChI is InChI=1S/C21H20N2O2S/c1-16-3-2-4-17(13-16)15-26(24,25)23-12-9-20-14-19(5-6-21(20)23)18-7-10-22-11-8-18/h2-8,10-11,13-14H,9,12,15H2,1H3. The van der Waals surface area contributed by atoms with Gasteiger partial charge >= 0.3 is 0 Å². The number of anilines is 1. The van der Waals surface area contributed by atoms with E-state index in [0.29, 0.717) is 6.54 Å². The summed E-state index contributed by atoms with van der Waals surface area (Å²) in [4.78, 5) is 4.05. The first-order valence-electron chi connectivity index (χ1n) is 8.62. The van der Waals surface area contributed by atoms with Gasteiger partial charge in [-0.25, -0.2) is 8.42 Å². The fourth-order valence-corrected chi connectivity index (χ4v) is 5.08. The monoisotopic (exact) mass is 364 g/mol. The van der Waals surface area contributed by atoms with E-state index in [1.807, 2.05) is 55.5 Å². The van der Waals surface area contributed by atoms with Gasteiger partial charge in [0.15, 0.2) is 0 Å². The minimum absolute atomic E-state index is 0.0280. The Morgan fingerprint density at radius 1 is 1.00 bits per heavy atom. The maximum Gasteiger partial charge on any atom is 0.239 e. The van der Waals surface area contributed by atoms with Crippen LogP contribution in [0.4, 0.5) is 5.69 Å². The summed E-state index contributed by atoms with van der Waals surface area (Å²) in [5.74, 6) is 0.0280. The Balaban J connectivity index is 1.63. The van der Waals surface area contributed by atoms with E-state index >= 15 is 0 Å². The van der Waals surface area contributed by atoms with E-state index in [4.69, 9.17) is 0 Å². The second-order valence-electron chi connectivity index (χ2n) is 6.65. The molecule has 1 aliphatic heterocycles. The Kier molecular flexibility index (Phi) is 4.24. The van der Waals surface area contributed by atoms with Crippen molar-refractivity contribution in [3.63, 3.8) is 0 Å². The summed E-state index contributed by atoms with van der Waals surface area (Å²) in [5, 5.41) is 0. The first-order valence-corrected chi connectivity index (χ1v) is 10.2. The fourth-order valence-electron chi connectivity index (χ4n) is 3.47. The number of pyridine rings is 1. The predicted molar refractivity (Wildman–Crippen MR) is 105 cm³/mol. The minimum atomic E-state index is -3.40. The van der Waals surface area contributed by atoms with E-state index in [0.717, 1.165) is 39.9 Å². The average molecular weight is 364 g/mol. The molecule has 0 unspecified atom stereocenters. The molecule has 0 radical (unpaired) electrons. The van der Waals surface area contributed by atoms with Crippen LogP contribution in [0, 0.1) is 6.92 Å². The highest BCUT2D eigenvalue weighted by Crippen LogP contribution is 2.34. The third-order valence-electron chi connectivity index (χ3n) is 4.71. The Morgan fingerprint density at radius 3 is 2.58 bits per heavy atom. The van der Waals surface area contributed by atoms with Gasteiger partial charge in [-0.3, -0.25) is 9.29 Å².